The molecule has 0 heterocycles. The molecule has 1 N–H and O–H groups in total. The molecule has 0 rings (SSSR count). The molecule has 0 aromatic heterocycles. The van der Waals surface area contributed by atoms with Crippen LogP contribution in [0.5, 0.6) is 0 Å². The Hall–Kier alpha value is -2.24. The summed E-state index contributed by atoms with van der Waals surface area (Å²) in [5.74, 6) is -0.600. The number of hydrogen-bond acceptors (Lipinski definition) is 11. The summed E-state index contributed by atoms with van der Waals surface area (Å²) in [5.41, 5.74) is 0. The molecule has 0 aliphatic carbocycles. The summed E-state index contributed by atoms with van der Waals surface area (Å²) in [4.78, 5) is 55.0. The van der Waals surface area contributed by atoms with Gasteiger partial charge in [-0.15, -0.1) is 0 Å². The van der Waals surface area contributed by atoms with E-state index in [0.29, 0.717) is 45.4 Å². The molecule has 0 spiro atoms. The predicted molar refractivity (Wildman–Crippen MR) is 272 cm³/mol. The third-order valence-electron chi connectivity index (χ3n) is 12.7. The standard InChI is InChI=1S/C55H106N2O9/c1-6-11-15-19-23-35-52(59)63-46-50(47-64-53(60)36-24-20-16-12-7-2)33-27-29-40-56(39-10-5)42-31-32-43-57(44-45-58)41-30-28-34-51(48-65-54(61)37-25-21-17-13-8-3)49-66-55(62)38-26-22-18-14-9-4/h50-51,58H,6-49H2,1-5H3. The minimum Gasteiger partial charge on any atom is -0.465 e. The summed E-state index contributed by atoms with van der Waals surface area (Å²) in [6, 6.07) is 0. The van der Waals surface area contributed by atoms with E-state index < -0.39 is 0 Å². The van der Waals surface area contributed by atoms with Crippen molar-refractivity contribution in [2.75, 3.05) is 72.3 Å². The van der Waals surface area contributed by atoms with Gasteiger partial charge in [-0.1, -0.05) is 150 Å². The molecule has 11 nitrogen and oxygen atoms in total. The number of aliphatic hydroxyl groups excluding tert-OH is 1. The second-order valence-corrected chi connectivity index (χ2v) is 19.2. The summed E-state index contributed by atoms with van der Waals surface area (Å²) < 4.78 is 22.8. The van der Waals surface area contributed by atoms with E-state index in [9.17, 15) is 24.3 Å². The maximum atomic E-state index is 12.5. The zero-order valence-electron chi connectivity index (χ0n) is 43.9. The van der Waals surface area contributed by atoms with Gasteiger partial charge in [0.25, 0.3) is 0 Å². The molecule has 390 valence electrons. The van der Waals surface area contributed by atoms with Crippen LogP contribution in [0.3, 0.4) is 0 Å². The van der Waals surface area contributed by atoms with Gasteiger partial charge in [0.05, 0.1) is 33.0 Å². The fourth-order valence-electron chi connectivity index (χ4n) is 8.39. The number of nitrogens with zero attached hydrogens (tertiary/aromatic N) is 2. The van der Waals surface area contributed by atoms with Crippen molar-refractivity contribution < 1.29 is 43.2 Å². The lowest BCUT2D eigenvalue weighted by molar-refractivity contribution is -0.151. The normalized spacial score (nSPS) is 11.6. The fourth-order valence-corrected chi connectivity index (χ4v) is 8.39. The lowest BCUT2D eigenvalue weighted by Crippen LogP contribution is -2.31. The van der Waals surface area contributed by atoms with Crippen LogP contribution in [0.1, 0.15) is 247 Å². The summed E-state index contributed by atoms with van der Waals surface area (Å²) >= 11 is 0. The highest BCUT2D eigenvalue weighted by molar-refractivity contribution is 5.70. The molecular weight excluding hydrogens is 833 g/mol. The van der Waals surface area contributed by atoms with E-state index in [1.54, 1.807) is 0 Å². The molecule has 0 amide bonds. The number of unbranched alkanes of at least 4 members (excludes halogenated alkanes) is 19. The first-order valence-electron chi connectivity index (χ1n) is 27.9. The maximum Gasteiger partial charge on any atom is 0.305 e. The van der Waals surface area contributed by atoms with Crippen molar-refractivity contribution in [1.82, 2.24) is 9.80 Å². The van der Waals surface area contributed by atoms with E-state index in [1.807, 2.05) is 0 Å². The molecule has 0 aromatic rings. The summed E-state index contributed by atoms with van der Waals surface area (Å²) in [6.45, 7) is 17.9. The number of ether oxygens (including phenoxy) is 4. The topological polar surface area (TPSA) is 132 Å². The molecule has 0 unspecified atom stereocenters. The first-order chi connectivity index (χ1) is 32.2. The molecule has 0 radical (unpaired) electrons. The van der Waals surface area contributed by atoms with Gasteiger partial charge >= 0.3 is 23.9 Å². The molecule has 11 heteroatoms. The Morgan fingerprint density at radius 3 is 0.879 bits per heavy atom. The Morgan fingerprint density at radius 1 is 0.333 bits per heavy atom. The quantitative estimate of drug-likeness (QED) is 0.0355. The van der Waals surface area contributed by atoms with E-state index in [2.05, 4.69) is 44.4 Å². The third kappa shape index (κ3) is 43.1. The van der Waals surface area contributed by atoms with Crippen molar-refractivity contribution in [2.45, 2.75) is 247 Å². The van der Waals surface area contributed by atoms with Gasteiger partial charge in [0, 0.05) is 44.1 Å². The molecule has 0 saturated heterocycles. The van der Waals surface area contributed by atoms with Crippen LogP contribution in [0.2, 0.25) is 0 Å². The zero-order valence-corrected chi connectivity index (χ0v) is 43.9. The molecule has 66 heavy (non-hydrogen) atoms. The van der Waals surface area contributed by atoms with Crippen molar-refractivity contribution in [2.24, 2.45) is 11.8 Å². The van der Waals surface area contributed by atoms with Gasteiger partial charge in [-0.3, -0.25) is 19.2 Å². The van der Waals surface area contributed by atoms with Gasteiger partial charge in [0.1, 0.15) is 0 Å². The van der Waals surface area contributed by atoms with E-state index in [-0.39, 0.29) is 55.5 Å². The van der Waals surface area contributed by atoms with E-state index >= 15 is 0 Å². The number of rotatable bonds is 51. The highest BCUT2D eigenvalue weighted by Crippen LogP contribution is 2.17. The van der Waals surface area contributed by atoms with Crippen LogP contribution >= 0.6 is 0 Å². The smallest absolute Gasteiger partial charge is 0.305 e. The number of carbonyl (C=O) groups excluding carboxylic acids is 4. The average molecular weight is 939 g/mol. The van der Waals surface area contributed by atoms with E-state index in [4.69, 9.17) is 18.9 Å². The molecule has 0 saturated carbocycles. The summed E-state index contributed by atoms with van der Waals surface area (Å²) in [5, 5.41) is 9.85. The van der Waals surface area contributed by atoms with E-state index in [1.165, 1.54) is 51.4 Å². The predicted octanol–water partition coefficient (Wildman–Crippen LogP) is 13.0. The van der Waals surface area contributed by atoms with Crippen LogP contribution in [-0.4, -0.2) is 111 Å². The molecule has 0 bridgehead atoms. The first kappa shape index (κ1) is 63.8. The Kier molecular flexibility index (Phi) is 47.5. The Morgan fingerprint density at radius 2 is 0.606 bits per heavy atom. The number of aliphatic hydroxyl groups is 1. The Bertz CT molecular complexity index is 964. The largest absolute Gasteiger partial charge is 0.465 e. The number of esters is 4. The molecule has 0 aromatic carbocycles. The second-order valence-electron chi connectivity index (χ2n) is 19.2. The molecule has 0 fully saturated rings. The Labute approximate surface area is 406 Å². The van der Waals surface area contributed by atoms with Crippen LogP contribution in [-0.2, 0) is 38.1 Å². The number of hydrogen-bond donors (Lipinski definition) is 1. The first-order valence-corrected chi connectivity index (χ1v) is 27.9. The van der Waals surface area contributed by atoms with Crippen molar-refractivity contribution >= 4 is 23.9 Å². The fraction of sp³-hybridized carbons (Fsp3) is 0.927. The molecular formula is C55H106N2O9. The van der Waals surface area contributed by atoms with Gasteiger partial charge in [-0.25, -0.2) is 0 Å². The van der Waals surface area contributed by atoms with Crippen molar-refractivity contribution in [1.29, 1.82) is 0 Å². The minimum absolute atomic E-state index is 0.0142. The van der Waals surface area contributed by atoms with Gasteiger partial charge in [-0.2, -0.15) is 0 Å². The second kappa shape index (κ2) is 49.2. The lowest BCUT2D eigenvalue weighted by atomic mass is 10.0. The minimum atomic E-state index is -0.157. The SMILES string of the molecule is CCCCCCCC(=O)OCC(CCCCN(CCC)CCCCN(CCO)CCCCC(COC(=O)CCCCCCC)COC(=O)CCCCCCC)COC(=O)CCCCCCC. The van der Waals surface area contributed by atoms with Crippen molar-refractivity contribution in [3.63, 3.8) is 0 Å². The van der Waals surface area contributed by atoms with Crippen LogP contribution < -0.4 is 0 Å². The third-order valence-corrected chi connectivity index (χ3v) is 12.7. The maximum absolute atomic E-state index is 12.5. The van der Waals surface area contributed by atoms with Gasteiger partial charge in [-0.05, 0) is 103 Å². The lowest BCUT2D eigenvalue weighted by Gasteiger charge is -2.24. The average Bonchev–Trinajstić information content (AvgIpc) is 3.31. The van der Waals surface area contributed by atoms with Crippen LogP contribution in [0.4, 0.5) is 0 Å². The summed E-state index contributed by atoms with van der Waals surface area (Å²) in [6.07, 6.45) is 32.4. The highest BCUT2D eigenvalue weighted by Gasteiger charge is 2.18. The van der Waals surface area contributed by atoms with Crippen LogP contribution in [0.15, 0.2) is 0 Å². The van der Waals surface area contributed by atoms with Crippen LogP contribution in [0.25, 0.3) is 0 Å². The number of carbonyl (C=O) groups is 4. The van der Waals surface area contributed by atoms with Gasteiger partial charge in [0.2, 0.25) is 0 Å². The Balaban J connectivity index is 4.92. The monoisotopic (exact) mass is 939 g/mol. The van der Waals surface area contributed by atoms with Gasteiger partial charge in [0.15, 0.2) is 0 Å². The molecule has 0 aliphatic heterocycles. The highest BCUT2D eigenvalue weighted by atomic mass is 16.6. The molecule has 0 atom stereocenters. The van der Waals surface area contributed by atoms with Crippen molar-refractivity contribution in [3.8, 4) is 0 Å². The molecule has 0 aliphatic rings. The van der Waals surface area contributed by atoms with E-state index in [0.717, 1.165) is 168 Å². The van der Waals surface area contributed by atoms with Gasteiger partial charge < -0.3 is 33.9 Å². The van der Waals surface area contributed by atoms with Crippen LogP contribution in [0, 0.1) is 11.8 Å². The van der Waals surface area contributed by atoms with Crippen molar-refractivity contribution in [3.05, 3.63) is 0 Å². The summed E-state index contributed by atoms with van der Waals surface area (Å²) in [7, 11) is 0. The zero-order chi connectivity index (χ0) is 48.6.